The molecule has 1 saturated heterocycles. The molecular weight excluding hydrogens is 334 g/mol. The van der Waals surface area contributed by atoms with Crippen LogP contribution in [-0.4, -0.2) is 73.0 Å². The SMILES string of the molecule is CC1CCCCC1OCCNC(=O)N1CCN(C(=O)OC(C)(C)C)CC1. The lowest BCUT2D eigenvalue weighted by atomic mass is 9.88. The molecule has 7 heteroatoms. The summed E-state index contributed by atoms with van der Waals surface area (Å²) in [6, 6.07) is -0.0888. The molecular formula is C19H35N3O4. The first-order valence-electron chi connectivity index (χ1n) is 9.88. The summed E-state index contributed by atoms with van der Waals surface area (Å²) in [6.45, 7) is 10.9. The Morgan fingerprint density at radius 1 is 1.04 bits per heavy atom. The molecule has 0 aromatic carbocycles. The van der Waals surface area contributed by atoms with Crippen LogP contribution in [0.15, 0.2) is 0 Å². The van der Waals surface area contributed by atoms with Crippen LogP contribution in [0.1, 0.15) is 53.4 Å². The first kappa shape index (κ1) is 20.8. The van der Waals surface area contributed by atoms with E-state index in [4.69, 9.17) is 9.47 Å². The van der Waals surface area contributed by atoms with E-state index < -0.39 is 5.60 Å². The van der Waals surface area contributed by atoms with E-state index in [2.05, 4.69) is 12.2 Å². The van der Waals surface area contributed by atoms with E-state index in [0.717, 1.165) is 6.42 Å². The third kappa shape index (κ3) is 6.67. The maximum Gasteiger partial charge on any atom is 0.410 e. The Morgan fingerprint density at radius 3 is 2.27 bits per heavy atom. The second-order valence-corrected chi connectivity index (χ2v) is 8.36. The van der Waals surface area contributed by atoms with Crippen molar-refractivity contribution in [3.63, 3.8) is 0 Å². The summed E-state index contributed by atoms with van der Waals surface area (Å²) in [7, 11) is 0. The number of carbonyl (C=O) groups is 2. The molecule has 0 aromatic rings. The highest BCUT2D eigenvalue weighted by Gasteiger charge is 2.27. The molecule has 26 heavy (non-hydrogen) atoms. The van der Waals surface area contributed by atoms with Crippen molar-refractivity contribution >= 4 is 12.1 Å². The minimum Gasteiger partial charge on any atom is -0.444 e. The Kier molecular flexibility index (Phi) is 7.55. The monoisotopic (exact) mass is 369 g/mol. The minimum absolute atomic E-state index is 0.0888. The van der Waals surface area contributed by atoms with Gasteiger partial charge < -0.3 is 24.6 Å². The number of nitrogens with one attached hydrogen (secondary N) is 1. The van der Waals surface area contributed by atoms with Gasteiger partial charge in [-0.15, -0.1) is 0 Å². The van der Waals surface area contributed by atoms with Gasteiger partial charge in [-0.05, 0) is 39.5 Å². The number of nitrogens with zero attached hydrogens (tertiary/aromatic N) is 2. The Balaban J connectivity index is 1.61. The summed E-state index contributed by atoms with van der Waals surface area (Å²) >= 11 is 0. The molecule has 2 aliphatic rings. The number of hydrogen-bond donors (Lipinski definition) is 1. The van der Waals surface area contributed by atoms with Gasteiger partial charge in [0.05, 0.1) is 12.7 Å². The van der Waals surface area contributed by atoms with Crippen LogP contribution in [-0.2, 0) is 9.47 Å². The fraction of sp³-hybridized carbons (Fsp3) is 0.895. The quantitative estimate of drug-likeness (QED) is 0.774. The Morgan fingerprint density at radius 2 is 1.65 bits per heavy atom. The maximum absolute atomic E-state index is 12.2. The van der Waals surface area contributed by atoms with Gasteiger partial charge in [0, 0.05) is 32.7 Å². The average Bonchev–Trinajstić information content (AvgIpc) is 2.58. The number of amides is 3. The number of hydrogen-bond acceptors (Lipinski definition) is 4. The van der Waals surface area contributed by atoms with Crippen LogP contribution in [0.5, 0.6) is 0 Å². The van der Waals surface area contributed by atoms with E-state index in [1.807, 2.05) is 20.8 Å². The first-order chi connectivity index (χ1) is 12.3. The molecule has 150 valence electrons. The summed E-state index contributed by atoms with van der Waals surface area (Å²) in [6.07, 6.45) is 4.92. The van der Waals surface area contributed by atoms with Crippen molar-refractivity contribution in [2.45, 2.75) is 65.1 Å². The molecule has 0 aromatic heterocycles. The molecule has 0 bridgehead atoms. The zero-order valence-electron chi connectivity index (χ0n) is 16.8. The molecule has 0 radical (unpaired) electrons. The van der Waals surface area contributed by atoms with Crippen LogP contribution in [0.25, 0.3) is 0 Å². The van der Waals surface area contributed by atoms with Gasteiger partial charge >= 0.3 is 12.1 Å². The Bertz CT molecular complexity index is 470. The molecule has 1 aliphatic heterocycles. The minimum atomic E-state index is -0.499. The number of rotatable bonds is 4. The highest BCUT2D eigenvalue weighted by molar-refractivity contribution is 5.75. The van der Waals surface area contributed by atoms with Gasteiger partial charge in [0.1, 0.15) is 5.60 Å². The highest BCUT2D eigenvalue weighted by Crippen LogP contribution is 2.25. The van der Waals surface area contributed by atoms with Gasteiger partial charge in [-0.2, -0.15) is 0 Å². The van der Waals surface area contributed by atoms with E-state index in [9.17, 15) is 9.59 Å². The lowest BCUT2D eigenvalue weighted by Gasteiger charge is -2.35. The van der Waals surface area contributed by atoms with Crippen molar-refractivity contribution in [3.05, 3.63) is 0 Å². The fourth-order valence-corrected chi connectivity index (χ4v) is 3.43. The fourth-order valence-electron chi connectivity index (χ4n) is 3.43. The van der Waals surface area contributed by atoms with Gasteiger partial charge in [0.2, 0.25) is 0 Å². The zero-order valence-corrected chi connectivity index (χ0v) is 16.8. The molecule has 1 saturated carbocycles. The predicted molar refractivity (Wildman–Crippen MR) is 100 cm³/mol. The molecule has 1 aliphatic carbocycles. The van der Waals surface area contributed by atoms with E-state index in [1.54, 1.807) is 9.80 Å². The summed E-state index contributed by atoms with van der Waals surface area (Å²) in [5.74, 6) is 0.611. The summed E-state index contributed by atoms with van der Waals surface area (Å²) in [5, 5.41) is 2.92. The van der Waals surface area contributed by atoms with E-state index in [-0.39, 0.29) is 12.1 Å². The largest absolute Gasteiger partial charge is 0.444 e. The lowest BCUT2D eigenvalue weighted by molar-refractivity contribution is -0.00298. The molecule has 2 fully saturated rings. The number of carbonyl (C=O) groups excluding carboxylic acids is 2. The molecule has 2 rings (SSSR count). The summed E-state index contributed by atoms with van der Waals surface area (Å²) in [4.78, 5) is 27.7. The molecule has 0 spiro atoms. The predicted octanol–water partition coefficient (Wildman–Crippen LogP) is 2.84. The van der Waals surface area contributed by atoms with Crippen LogP contribution >= 0.6 is 0 Å². The van der Waals surface area contributed by atoms with Crippen LogP contribution in [0.2, 0.25) is 0 Å². The van der Waals surface area contributed by atoms with Gasteiger partial charge in [0.15, 0.2) is 0 Å². The second-order valence-electron chi connectivity index (χ2n) is 8.36. The second kappa shape index (κ2) is 9.44. The molecule has 2 unspecified atom stereocenters. The topological polar surface area (TPSA) is 71.1 Å². The van der Waals surface area contributed by atoms with Crippen LogP contribution in [0.3, 0.4) is 0 Å². The highest BCUT2D eigenvalue weighted by atomic mass is 16.6. The number of piperazine rings is 1. The van der Waals surface area contributed by atoms with Gasteiger partial charge in [-0.3, -0.25) is 0 Å². The Labute approximate surface area is 157 Å². The number of ether oxygens (including phenoxy) is 2. The van der Waals surface area contributed by atoms with Crippen molar-refractivity contribution in [2.75, 3.05) is 39.3 Å². The molecule has 2 atom stereocenters. The third-order valence-electron chi connectivity index (χ3n) is 4.96. The van der Waals surface area contributed by atoms with Crippen molar-refractivity contribution in [1.29, 1.82) is 0 Å². The number of urea groups is 1. The normalized spacial score (nSPS) is 24.3. The van der Waals surface area contributed by atoms with Crippen molar-refractivity contribution < 1.29 is 19.1 Å². The van der Waals surface area contributed by atoms with Crippen molar-refractivity contribution in [1.82, 2.24) is 15.1 Å². The molecule has 1 heterocycles. The van der Waals surface area contributed by atoms with E-state index >= 15 is 0 Å². The van der Waals surface area contributed by atoms with Gasteiger partial charge in [-0.1, -0.05) is 19.8 Å². The summed E-state index contributed by atoms with van der Waals surface area (Å²) in [5.41, 5.74) is -0.499. The molecule has 3 amide bonds. The smallest absolute Gasteiger partial charge is 0.410 e. The first-order valence-corrected chi connectivity index (χ1v) is 9.88. The third-order valence-corrected chi connectivity index (χ3v) is 4.96. The van der Waals surface area contributed by atoms with Crippen LogP contribution < -0.4 is 5.32 Å². The van der Waals surface area contributed by atoms with E-state index in [0.29, 0.717) is 51.4 Å². The van der Waals surface area contributed by atoms with Gasteiger partial charge in [0.25, 0.3) is 0 Å². The standard InChI is InChI=1S/C19H35N3O4/c1-15-7-5-6-8-16(15)25-14-9-20-17(23)21-10-12-22(13-11-21)18(24)26-19(2,3)4/h15-16H,5-14H2,1-4H3,(H,20,23). The zero-order chi connectivity index (χ0) is 19.2. The maximum atomic E-state index is 12.2. The average molecular weight is 370 g/mol. The lowest BCUT2D eigenvalue weighted by Crippen LogP contribution is -2.54. The Hall–Kier alpha value is -1.50. The van der Waals surface area contributed by atoms with E-state index in [1.165, 1.54) is 19.3 Å². The van der Waals surface area contributed by atoms with Crippen molar-refractivity contribution in [2.24, 2.45) is 5.92 Å². The molecule has 1 N–H and O–H groups in total. The van der Waals surface area contributed by atoms with Crippen molar-refractivity contribution in [3.8, 4) is 0 Å². The van der Waals surface area contributed by atoms with Crippen LogP contribution in [0, 0.1) is 5.92 Å². The molecule has 7 nitrogen and oxygen atoms in total. The van der Waals surface area contributed by atoms with Crippen LogP contribution in [0.4, 0.5) is 9.59 Å². The summed E-state index contributed by atoms with van der Waals surface area (Å²) < 4.78 is 11.3. The van der Waals surface area contributed by atoms with Gasteiger partial charge in [-0.25, -0.2) is 9.59 Å².